The van der Waals surface area contributed by atoms with Crippen LogP contribution in [-0.2, 0) is 6.54 Å². The van der Waals surface area contributed by atoms with Gasteiger partial charge in [-0.1, -0.05) is 25.0 Å². The molecule has 2 atom stereocenters. The lowest BCUT2D eigenvalue weighted by atomic mass is 9.92. The van der Waals surface area contributed by atoms with E-state index in [1.807, 2.05) is 35.0 Å². The molecule has 30 heavy (non-hydrogen) atoms. The number of hydrogen-bond acceptors (Lipinski definition) is 4. The molecule has 2 amide bonds. The molecule has 1 saturated carbocycles. The summed E-state index contributed by atoms with van der Waals surface area (Å²) in [5, 5.41) is 15.8. The number of carbonyl (C=O) groups excluding carboxylic acids is 2. The van der Waals surface area contributed by atoms with E-state index in [0.29, 0.717) is 23.2 Å². The lowest BCUT2D eigenvalue weighted by Crippen LogP contribution is -2.45. The van der Waals surface area contributed by atoms with Crippen molar-refractivity contribution < 1.29 is 14.7 Å². The number of benzene rings is 1. The number of nitrogens with one attached hydrogen (secondary N) is 2. The quantitative estimate of drug-likeness (QED) is 0.607. The van der Waals surface area contributed by atoms with Crippen molar-refractivity contribution in [1.82, 2.24) is 20.2 Å². The van der Waals surface area contributed by atoms with E-state index >= 15 is 0 Å². The second kappa shape index (κ2) is 8.67. The van der Waals surface area contributed by atoms with Crippen LogP contribution in [0.1, 0.15) is 52.0 Å². The van der Waals surface area contributed by atoms with Gasteiger partial charge in [-0.3, -0.25) is 14.6 Å². The summed E-state index contributed by atoms with van der Waals surface area (Å²) >= 11 is 0. The molecule has 0 aliphatic heterocycles. The number of aliphatic hydroxyl groups excluding tert-OH is 1. The first-order valence-electron chi connectivity index (χ1n) is 10.3. The summed E-state index contributed by atoms with van der Waals surface area (Å²) in [6.07, 6.45) is 6.50. The van der Waals surface area contributed by atoms with Gasteiger partial charge in [-0.15, -0.1) is 0 Å². The number of hydrogen-bond donors (Lipinski definition) is 3. The van der Waals surface area contributed by atoms with Crippen LogP contribution < -0.4 is 10.6 Å². The molecule has 2 aromatic heterocycles. The minimum absolute atomic E-state index is 0.124. The fourth-order valence-electron chi connectivity index (χ4n) is 4.05. The second-order valence-electron chi connectivity index (χ2n) is 7.75. The molecule has 1 aliphatic rings. The maximum Gasteiger partial charge on any atom is 0.255 e. The fourth-order valence-corrected chi connectivity index (χ4v) is 4.05. The Morgan fingerprint density at radius 3 is 2.63 bits per heavy atom. The van der Waals surface area contributed by atoms with Crippen molar-refractivity contribution in [2.24, 2.45) is 0 Å². The molecular formula is C23H26N4O3. The minimum atomic E-state index is -0.497. The van der Waals surface area contributed by atoms with Crippen molar-refractivity contribution in [2.45, 2.75) is 44.4 Å². The monoisotopic (exact) mass is 406 g/mol. The van der Waals surface area contributed by atoms with Crippen molar-refractivity contribution in [3.63, 3.8) is 0 Å². The van der Waals surface area contributed by atoms with E-state index < -0.39 is 6.10 Å². The Bertz CT molecular complexity index is 1060. The number of amides is 2. The Morgan fingerprint density at radius 2 is 1.90 bits per heavy atom. The highest BCUT2D eigenvalue weighted by Crippen LogP contribution is 2.23. The van der Waals surface area contributed by atoms with Gasteiger partial charge >= 0.3 is 0 Å². The standard InChI is InChI=1S/C23H26N4O3/c1-24-22(29)16-10-8-15(9-11-16)13-27-14-17(21-19(27)6-4-12-25-21)23(30)26-18-5-2-3-7-20(18)28/h4,6,8-12,14,18,20,28H,2-3,5,7,13H2,1H3,(H,24,29)(H,26,30). The molecule has 0 radical (unpaired) electrons. The van der Waals surface area contributed by atoms with Crippen LogP contribution in [0, 0.1) is 0 Å². The van der Waals surface area contributed by atoms with Crippen LogP contribution in [0.2, 0.25) is 0 Å². The van der Waals surface area contributed by atoms with Crippen LogP contribution in [0.15, 0.2) is 48.8 Å². The van der Waals surface area contributed by atoms with E-state index in [2.05, 4.69) is 15.6 Å². The first-order valence-corrected chi connectivity index (χ1v) is 10.3. The minimum Gasteiger partial charge on any atom is -0.391 e. The second-order valence-corrected chi connectivity index (χ2v) is 7.75. The number of carbonyl (C=O) groups is 2. The first-order chi connectivity index (χ1) is 14.6. The Labute approximate surface area is 175 Å². The third-order valence-electron chi connectivity index (χ3n) is 5.72. The van der Waals surface area contributed by atoms with E-state index in [-0.39, 0.29) is 17.9 Å². The van der Waals surface area contributed by atoms with Gasteiger partial charge in [0.05, 0.1) is 23.2 Å². The summed E-state index contributed by atoms with van der Waals surface area (Å²) in [6, 6.07) is 11.0. The summed E-state index contributed by atoms with van der Waals surface area (Å²) in [4.78, 5) is 29.1. The van der Waals surface area contributed by atoms with Crippen molar-refractivity contribution >= 4 is 22.8 Å². The Morgan fingerprint density at radius 1 is 1.13 bits per heavy atom. The summed E-state index contributed by atoms with van der Waals surface area (Å²) < 4.78 is 1.99. The highest BCUT2D eigenvalue weighted by atomic mass is 16.3. The highest BCUT2D eigenvalue weighted by molar-refractivity contribution is 6.05. The molecule has 0 bridgehead atoms. The normalized spacial score (nSPS) is 18.9. The topological polar surface area (TPSA) is 96.2 Å². The maximum atomic E-state index is 13.0. The van der Waals surface area contributed by atoms with Gasteiger partial charge in [0.15, 0.2) is 0 Å². The molecule has 156 valence electrons. The van der Waals surface area contributed by atoms with Crippen LogP contribution in [-0.4, -0.2) is 45.7 Å². The average molecular weight is 406 g/mol. The summed E-state index contributed by atoms with van der Waals surface area (Å²) in [6.45, 7) is 0.551. The largest absolute Gasteiger partial charge is 0.391 e. The van der Waals surface area contributed by atoms with E-state index in [1.165, 1.54) is 0 Å². The third-order valence-corrected chi connectivity index (χ3v) is 5.72. The molecule has 0 saturated heterocycles. The van der Waals surface area contributed by atoms with Crippen molar-refractivity contribution in [2.75, 3.05) is 7.05 Å². The predicted molar refractivity (Wildman–Crippen MR) is 114 cm³/mol. The van der Waals surface area contributed by atoms with Gasteiger partial charge in [0, 0.05) is 31.5 Å². The smallest absolute Gasteiger partial charge is 0.255 e. The number of fused-ring (bicyclic) bond motifs is 1. The first kappa shape index (κ1) is 20.1. The van der Waals surface area contributed by atoms with Crippen molar-refractivity contribution in [3.05, 3.63) is 65.5 Å². The SMILES string of the molecule is CNC(=O)c1ccc(Cn2cc(C(=O)NC3CCCCC3O)c3ncccc32)cc1. The Kier molecular flexibility index (Phi) is 5.81. The third kappa shape index (κ3) is 4.07. The van der Waals surface area contributed by atoms with Crippen LogP contribution >= 0.6 is 0 Å². The van der Waals surface area contributed by atoms with Crippen LogP contribution in [0.5, 0.6) is 0 Å². The zero-order valence-corrected chi connectivity index (χ0v) is 17.0. The van der Waals surface area contributed by atoms with Gasteiger partial charge in [0.1, 0.15) is 5.52 Å². The molecule has 0 spiro atoms. The van der Waals surface area contributed by atoms with E-state index in [1.54, 1.807) is 25.4 Å². The van der Waals surface area contributed by atoms with Crippen LogP contribution in [0.25, 0.3) is 11.0 Å². The maximum absolute atomic E-state index is 13.0. The van der Waals surface area contributed by atoms with Gasteiger partial charge in [-0.05, 0) is 42.7 Å². The van der Waals surface area contributed by atoms with Crippen LogP contribution in [0.4, 0.5) is 0 Å². The number of aromatic nitrogens is 2. The molecule has 7 heteroatoms. The van der Waals surface area contributed by atoms with E-state index in [0.717, 1.165) is 36.8 Å². The number of nitrogens with zero attached hydrogens (tertiary/aromatic N) is 2. The zero-order valence-electron chi connectivity index (χ0n) is 17.0. The van der Waals surface area contributed by atoms with Gasteiger partial charge in [-0.2, -0.15) is 0 Å². The number of rotatable bonds is 5. The zero-order chi connectivity index (χ0) is 21.1. The van der Waals surface area contributed by atoms with Crippen molar-refractivity contribution in [1.29, 1.82) is 0 Å². The number of aliphatic hydroxyl groups is 1. The van der Waals surface area contributed by atoms with Gasteiger partial charge in [0.2, 0.25) is 0 Å². The summed E-state index contributed by atoms with van der Waals surface area (Å²) in [7, 11) is 1.61. The fraction of sp³-hybridized carbons (Fsp3) is 0.348. The average Bonchev–Trinajstić information content (AvgIpc) is 3.14. The summed E-state index contributed by atoms with van der Waals surface area (Å²) in [5.41, 5.74) is 3.62. The molecule has 3 N–H and O–H groups in total. The molecule has 7 nitrogen and oxygen atoms in total. The van der Waals surface area contributed by atoms with Crippen molar-refractivity contribution in [3.8, 4) is 0 Å². The lowest BCUT2D eigenvalue weighted by molar-refractivity contribution is 0.0718. The lowest BCUT2D eigenvalue weighted by Gasteiger charge is -2.28. The van der Waals surface area contributed by atoms with Gasteiger partial charge in [-0.25, -0.2) is 0 Å². The van der Waals surface area contributed by atoms with Gasteiger partial charge < -0.3 is 20.3 Å². The molecular weight excluding hydrogens is 380 g/mol. The molecule has 4 rings (SSSR count). The molecule has 1 aliphatic carbocycles. The molecule has 2 heterocycles. The molecule has 1 fully saturated rings. The Hall–Kier alpha value is -3.19. The summed E-state index contributed by atoms with van der Waals surface area (Å²) in [5.74, 6) is -0.334. The van der Waals surface area contributed by atoms with E-state index in [4.69, 9.17) is 0 Å². The Balaban J connectivity index is 1.59. The van der Waals surface area contributed by atoms with Gasteiger partial charge in [0.25, 0.3) is 11.8 Å². The highest BCUT2D eigenvalue weighted by Gasteiger charge is 2.26. The molecule has 3 aromatic rings. The molecule has 2 unspecified atom stereocenters. The molecule has 1 aromatic carbocycles. The predicted octanol–water partition coefficient (Wildman–Crippen LogP) is 2.48. The van der Waals surface area contributed by atoms with Crippen LogP contribution in [0.3, 0.4) is 0 Å². The number of pyridine rings is 1. The van der Waals surface area contributed by atoms with E-state index in [9.17, 15) is 14.7 Å².